The van der Waals surface area contributed by atoms with Crippen LogP contribution in [0.2, 0.25) is 0 Å². The molecule has 0 atom stereocenters. The van der Waals surface area contributed by atoms with E-state index >= 15 is 0 Å². The molecule has 0 saturated carbocycles. The lowest BCUT2D eigenvalue weighted by Gasteiger charge is -2.19. The first-order valence-electron chi connectivity index (χ1n) is 6.99. The smallest absolute Gasteiger partial charge is 0.163 e. The zero-order valence-electron chi connectivity index (χ0n) is 11.5. The topological polar surface area (TPSA) is 43.6 Å². The molecular weight excluding hydrogens is 266 g/mol. The van der Waals surface area contributed by atoms with E-state index in [-0.39, 0.29) is 0 Å². The number of rotatable bonds is 3. The van der Waals surface area contributed by atoms with Crippen LogP contribution in [-0.4, -0.2) is 13.2 Å². The van der Waals surface area contributed by atoms with Crippen molar-refractivity contribution in [1.82, 2.24) is 0 Å². The Morgan fingerprint density at radius 3 is 2.67 bits per heavy atom. The molecule has 4 rings (SSSR count). The van der Waals surface area contributed by atoms with Gasteiger partial charge in [-0.2, -0.15) is 0 Å². The van der Waals surface area contributed by atoms with Crippen molar-refractivity contribution >= 4 is 16.7 Å². The number of anilines is 1. The molecule has 0 spiro atoms. The molecule has 0 radical (unpaired) electrons. The van der Waals surface area contributed by atoms with Gasteiger partial charge in [-0.3, -0.25) is 0 Å². The summed E-state index contributed by atoms with van der Waals surface area (Å²) in [7, 11) is 0. The van der Waals surface area contributed by atoms with Gasteiger partial charge < -0.3 is 19.2 Å². The minimum atomic E-state index is 0.597. The highest BCUT2D eigenvalue weighted by Crippen LogP contribution is 2.32. The number of fused-ring (bicyclic) bond motifs is 2. The van der Waals surface area contributed by atoms with Crippen LogP contribution in [0.25, 0.3) is 11.0 Å². The third-order valence-corrected chi connectivity index (χ3v) is 3.49. The van der Waals surface area contributed by atoms with Gasteiger partial charge in [0.05, 0.1) is 6.54 Å². The summed E-state index contributed by atoms with van der Waals surface area (Å²) in [4.78, 5) is 0. The van der Waals surface area contributed by atoms with E-state index in [9.17, 15) is 0 Å². The predicted octanol–water partition coefficient (Wildman–Crippen LogP) is 3.82. The van der Waals surface area contributed by atoms with Gasteiger partial charge in [-0.05, 0) is 24.3 Å². The normalized spacial score (nSPS) is 13.3. The van der Waals surface area contributed by atoms with Crippen molar-refractivity contribution in [2.75, 3.05) is 18.5 Å². The lowest BCUT2D eigenvalue weighted by molar-refractivity contribution is 0.171. The number of ether oxygens (including phenoxy) is 2. The SMILES string of the molecule is c1ccc2oc(CNc3ccc4c(c3)OCCO4)cc2c1. The molecule has 21 heavy (non-hydrogen) atoms. The molecule has 0 unspecified atom stereocenters. The Morgan fingerprint density at radius 2 is 1.76 bits per heavy atom. The standard InChI is InChI=1S/C17H15NO3/c1-2-4-15-12(3-1)9-14(21-15)11-18-13-5-6-16-17(10-13)20-8-7-19-16/h1-6,9-10,18H,7-8,11H2. The molecule has 1 N–H and O–H groups in total. The maximum Gasteiger partial charge on any atom is 0.163 e. The number of hydrogen-bond donors (Lipinski definition) is 1. The van der Waals surface area contributed by atoms with Crippen LogP contribution in [-0.2, 0) is 6.54 Å². The molecule has 3 aromatic rings. The predicted molar refractivity (Wildman–Crippen MR) is 81.0 cm³/mol. The molecule has 1 aromatic heterocycles. The highest BCUT2D eigenvalue weighted by Gasteiger charge is 2.11. The monoisotopic (exact) mass is 281 g/mol. The van der Waals surface area contributed by atoms with Crippen molar-refractivity contribution in [2.24, 2.45) is 0 Å². The van der Waals surface area contributed by atoms with E-state index in [1.807, 2.05) is 42.5 Å². The van der Waals surface area contributed by atoms with Crippen LogP contribution in [0.1, 0.15) is 5.76 Å². The summed E-state index contributed by atoms with van der Waals surface area (Å²) in [6, 6.07) is 15.9. The summed E-state index contributed by atoms with van der Waals surface area (Å²) in [6.45, 7) is 1.84. The molecule has 1 aliphatic heterocycles. The lowest BCUT2D eigenvalue weighted by Crippen LogP contribution is -2.15. The molecule has 2 heterocycles. The maximum atomic E-state index is 5.78. The van der Waals surface area contributed by atoms with Crippen LogP contribution in [0, 0.1) is 0 Å². The number of benzene rings is 2. The van der Waals surface area contributed by atoms with Crippen LogP contribution < -0.4 is 14.8 Å². The third-order valence-electron chi connectivity index (χ3n) is 3.49. The second kappa shape index (κ2) is 5.05. The van der Waals surface area contributed by atoms with Gasteiger partial charge in [0.25, 0.3) is 0 Å². The van der Waals surface area contributed by atoms with E-state index in [1.54, 1.807) is 0 Å². The lowest BCUT2D eigenvalue weighted by atomic mass is 10.2. The van der Waals surface area contributed by atoms with Crippen LogP contribution >= 0.6 is 0 Å². The van der Waals surface area contributed by atoms with Gasteiger partial charge in [0.2, 0.25) is 0 Å². The molecule has 0 bridgehead atoms. The first-order chi connectivity index (χ1) is 10.4. The fourth-order valence-electron chi connectivity index (χ4n) is 2.47. The fraction of sp³-hybridized carbons (Fsp3) is 0.176. The minimum Gasteiger partial charge on any atom is -0.486 e. The Balaban J connectivity index is 1.51. The molecule has 0 fully saturated rings. The highest BCUT2D eigenvalue weighted by atomic mass is 16.6. The van der Waals surface area contributed by atoms with Crippen LogP contribution in [0.4, 0.5) is 5.69 Å². The number of hydrogen-bond acceptors (Lipinski definition) is 4. The fourth-order valence-corrected chi connectivity index (χ4v) is 2.47. The van der Waals surface area contributed by atoms with Gasteiger partial charge in [-0.25, -0.2) is 0 Å². The van der Waals surface area contributed by atoms with Crippen molar-refractivity contribution in [1.29, 1.82) is 0 Å². The van der Waals surface area contributed by atoms with Crippen molar-refractivity contribution in [3.63, 3.8) is 0 Å². The average Bonchev–Trinajstić information content (AvgIpc) is 2.95. The first kappa shape index (κ1) is 12.1. The highest BCUT2D eigenvalue weighted by molar-refractivity contribution is 5.77. The Morgan fingerprint density at radius 1 is 0.905 bits per heavy atom. The molecule has 4 nitrogen and oxygen atoms in total. The van der Waals surface area contributed by atoms with Gasteiger partial charge in [0, 0.05) is 17.1 Å². The summed E-state index contributed by atoms with van der Waals surface area (Å²) in [5.41, 5.74) is 1.90. The minimum absolute atomic E-state index is 0.597. The molecule has 4 heteroatoms. The number of nitrogens with one attached hydrogen (secondary N) is 1. The Labute approximate surface area is 122 Å². The first-order valence-corrected chi connectivity index (χ1v) is 6.99. The van der Waals surface area contributed by atoms with Gasteiger partial charge in [0.1, 0.15) is 24.6 Å². The van der Waals surface area contributed by atoms with E-state index in [4.69, 9.17) is 13.9 Å². The summed E-state index contributed by atoms with van der Waals surface area (Å²) in [6.07, 6.45) is 0. The zero-order chi connectivity index (χ0) is 14.1. The summed E-state index contributed by atoms with van der Waals surface area (Å²) in [5, 5.41) is 4.46. The Kier molecular flexibility index (Phi) is 2.92. The second-order valence-corrected chi connectivity index (χ2v) is 4.96. The quantitative estimate of drug-likeness (QED) is 0.792. The van der Waals surface area contributed by atoms with Crippen LogP contribution in [0.15, 0.2) is 52.9 Å². The van der Waals surface area contributed by atoms with Crippen LogP contribution in [0.3, 0.4) is 0 Å². The summed E-state index contributed by atoms with van der Waals surface area (Å²) < 4.78 is 16.9. The number of furan rings is 1. The summed E-state index contributed by atoms with van der Waals surface area (Å²) in [5.74, 6) is 2.50. The molecule has 0 amide bonds. The van der Waals surface area contributed by atoms with E-state index in [0.717, 1.165) is 33.9 Å². The van der Waals surface area contributed by atoms with E-state index < -0.39 is 0 Å². The van der Waals surface area contributed by atoms with Gasteiger partial charge in [-0.1, -0.05) is 18.2 Å². The Hall–Kier alpha value is -2.62. The summed E-state index contributed by atoms with van der Waals surface area (Å²) >= 11 is 0. The second-order valence-electron chi connectivity index (χ2n) is 4.96. The average molecular weight is 281 g/mol. The van der Waals surface area contributed by atoms with Crippen LogP contribution in [0.5, 0.6) is 11.5 Å². The van der Waals surface area contributed by atoms with E-state index in [2.05, 4.69) is 11.4 Å². The van der Waals surface area contributed by atoms with Crippen molar-refractivity contribution in [3.05, 3.63) is 54.3 Å². The zero-order valence-corrected chi connectivity index (χ0v) is 11.5. The molecule has 1 aliphatic rings. The van der Waals surface area contributed by atoms with Crippen molar-refractivity contribution in [2.45, 2.75) is 6.54 Å². The Bertz CT molecular complexity index is 746. The largest absolute Gasteiger partial charge is 0.486 e. The van der Waals surface area contributed by atoms with Gasteiger partial charge >= 0.3 is 0 Å². The maximum absolute atomic E-state index is 5.78. The molecule has 0 aliphatic carbocycles. The van der Waals surface area contributed by atoms with E-state index in [0.29, 0.717) is 19.8 Å². The van der Waals surface area contributed by atoms with Gasteiger partial charge in [0.15, 0.2) is 11.5 Å². The molecule has 106 valence electrons. The van der Waals surface area contributed by atoms with Crippen molar-refractivity contribution < 1.29 is 13.9 Å². The van der Waals surface area contributed by atoms with Gasteiger partial charge in [-0.15, -0.1) is 0 Å². The molecule has 2 aromatic carbocycles. The third kappa shape index (κ3) is 2.40. The molecular formula is C17H15NO3. The molecule has 0 saturated heterocycles. The number of para-hydroxylation sites is 1. The van der Waals surface area contributed by atoms with E-state index in [1.165, 1.54) is 0 Å². The van der Waals surface area contributed by atoms with Crippen molar-refractivity contribution in [3.8, 4) is 11.5 Å².